The van der Waals surface area contributed by atoms with Crippen LogP contribution in [0, 0.1) is 5.41 Å². The number of hydrogen-bond acceptors (Lipinski definition) is 4. The first kappa shape index (κ1) is 18.5. The van der Waals surface area contributed by atoms with Gasteiger partial charge in [-0.1, -0.05) is 24.3 Å². The molecule has 1 N–H and O–H groups in total. The van der Waals surface area contributed by atoms with Crippen LogP contribution in [0.5, 0.6) is 11.5 Å². The quantitative estimate of drug-likeness (QED) is 0.822. The van der Waals surface area contributed by atoms with E-state index in [9.17, 15) is 9.59 Å². The number of ether oxygens (including phenoxy) is 2. The molecule has 3 rings (SSSR count). The molecule has 1 heterocycles. The molecular weight excluding hydrogens is 344 g/mol. The summed E-state index contributed by atoms with van der Waals surface area (Å²) in [6.07, 6.45) is 1.07. The Bertz CT molecular complexity index is 862. The van der Waals surface area contributed by atoms with Gasteiger partial charge < -0.3 is 14.4 Å². The topological polar surface area (TPSA) is 67.9 Å². The Morgan fingerprint density at radius 3 is 2.74 bits per heavy atom. The Morgan fingerprint density at radius 1 is 1.30 bits per heavy atom. The lowest BCUT2D eigenvalue weighted by molar-refractivity contribution is -0.127. The maximum atomic E-state index is 12.8. The van der Waals surface area contributed by atoms with E-state index in [0.29, 0.717) is 29.4 Å². The van der Waals surface area contributed by atoms with Crippen LogP contribution in [-0.4, -0.2) is 25.2 Å². The van der Waals surface area contributed by atoms with E-state index in [-0.39, 0.29) is 12.5 Å². The minimum absolute atomic E-state index is 0.0367. The molecule has 0 aliphatic carbocycles. The minimum Gasteiger partial charge on any atom is -0.490 e. The van der Waals surface area contributed by atoms with Crippen LogP contribution in [0.3, 0.4) is 0 Å². The number of benzene rings is 2. The highest BCUT2D eigenvalue weighted by Gasteiger charge is 2.37. The van der Waals surface area contributed by atoms with Gasteiger partial charge in [0.05, 0.1) is 11.1 Å². The van der Waals surface area contributed by atoms with E-state index < -0.39 is 11.5 Å². The van der Waals surface area contributed by atoms with Crippen LogP contribution >= 0.6 is 0 Å². The molecule has 2 amide bonds. The summed E-state index contributed by atoms with van der Waals surface area (Å²) in [5, 5.41) is 2.67. The SMILES string of the molecule is C=CCN1C(=O)C(C)(C)COc2cc(NC(=O)Oc3ccccc3)ccc21. The first-order valence-electron chi connectivity index (χ1n) is 8.64. The number of amides is 2. The molecule has 0 unspecified atom stereocenters. The van der Waals surface area contributed by atoms with Crippen LogP contribution in [0.4, 0.5) is 16.2 Å². The van der Waals surface area contributed by atoms with Crippen molar-refractivity contribution in [1.82, 2.24) is 0 Å². The van der Waals surface area contributed by atoms with Crippen molar-refractivity contribution in [3.05, 3.63) is 61.2 Å². The molecule has 2 aromatic carbocycles. The van der Waals surface area contributed by atoms with Crippen LogP contribution < -0.4 is 19.7 Å². The molecule has 2 aromatic rings. The Morgan fingerprint density at radius 2 is 2.04 bits per heavy atom. The summed E-state index contributed by atoms with van der Waals surface area (Å²) in [6.45, 7) is 8.03. The van der Waals surface area contributed by atoms with Crippen LogP contribution in [-0.2, 0) is 4.79 Å². The largest absolute Gasteiger partial charge is 0.490 e. The van der Waals surface area contributed by atoms with E-state index in [1.54, 1.807) is 53.4 Å². The average molecular weight is 366 g/mol. The zero-order valence-electron chi connectivity index (χ0n) is 15.4. The van der Waals surface area contributed by atoms with Gasteiger partial charge in [-0.3, -0.25) is 10.1 Å². The number of carbonyl (C=O) groups is 2. The average Bonchev–Trinajstić information content (AvgIpc) is 2.73. The Labute approximate surface area is 158 Å². The lowest BCUT2D eigenvalue weighted by Crippen LogP contribution is -2.42. The van der Waals surface area contributed by atoms with Gasteiger partial charge in [0.2, 0.25) is 5.91 Å². The van der Waals surface area contributed by atoms with E-state index >= 15 is 0 Å². The summed E-state index contributed by atoms with van der Waals surface area (Å²) in [6, 6.07) is 13.9. The summed E-state index contributed by atoms with van der Waals surface area (Å²) < 4.78 is 11.1. The standard InChI is InChI=1S/C21H22N2O4/c1-4-12-23-17-11-10-15(13-18(17)26-14-21(2,3)19(23)24)22-20(25)27-16-8-6-5-7-9-16/h4-11,13H,1,12,14H2,2-3H3,(H,22,25). The Balaban J connectivity index is 1.81. The number of carbonyl (C=O) groups excluding carboxylic acids is 2. The van der Waals surface area contributed by atoms with Gasteiger partial charge >= 0.3 is 6.09 Å². The third-order valence-corrected chi connectivity index (χ3v) is 4.18. The van der Waals surface area contributed by atoms with Crippen LogP contribution in [0.25, 0.3) is 0 Å². The highest BCUT2D eigenvalue weighted by atomic mass is 16.6. The number of hydrogen-bond donors (Lipinski definition) is 1. The molecule has 1 aliphatic rings. The molecule has 0 saturated heterocycles. The van der Waals surface area contributed by atoms with E-state index in [0.717, 1.165) is 0 Å². The second kappa shape index (κ2) is 7.53. The van der Waals surface area contributed by atoms with Crippen LogP contribution in [0.1, 0.15) is 13.8 Å². The van der Waals surface area contributed by atoms with Crippen molar-refractivity contribution >= 4 is 23.4 Å². The Kier molecular flexibility index (Phi) is 5.16. The molecule has 0 bridgehead atoms. The first-order valence-corrected chi connectivity index (χ1v) is 8.64. The first-order chi connectivity index (χ1) is 12.9. The maximum Gasteiger partial charge on any atom is 0.417 e. The van der Waals surface area contributed by atoms with Gasteiger partial charge in [0.25, 0.3) is 0 Å². The van der Waals surface area contributed by atoms with Crippen molar-refractivity contribution in [1.29, 1.82) is 0 Å². The number of rotatable bonds is 4. The van der Waals surface area contributed by atoms with Gasteiger partial charge in [0, 0.05) is 18.3 Å². The lowest BCUT2D eigenvalue weighted by atomic mass is 9.93. The number of fused-ring (bicyclic) bond motifs is 1. The van der Waals surface area contributed by atoms with Gasteiger partial charge in [-0.25, -0.2) is 4.79 Å². The van der Waals surface area contributed by atoms with Crippen molar-refractivity contribution in [2.75, 3.05) is 23.4 Å². The van der Waals surface area contributed by atoms with Gasteiger partial charge in [-0.05, 0) is 38.1 Å². The summed E-state index contributed by atoms with van der Waals surface area (Å²) in [4.78, 5) is 26.5. The highest BCUT2D eigenvalue weighted by molar-refractivity contribution is 6.00. The molecular formula is C21H22N2O4. The van der Waals surface area contributed by atoms with Crippen molar-refractivity contribution in [2.45, 2.75) is 13.8 Å². The minimum atomic E-state index is -0.665. The van der Waals surface area contributed by atoms with Gasteiger partial charge in [0.15, 0.2) is 0 Å². The molecule has 0 spiro atoms. The van der Waals surface area contributed by atoms with Crippen LogP contribution in [0.15, 0.2) is 61.2 Å². The molecule has 6 nitrogen and oxygen atoms in total. The van der Waals surface area contributed by atoms with Gasteiger partial charge in [-0.15, -0.1) is 6.58 Å². The Hall–Kier alpha value is -3.28. The second-order valence-electron chi connectivity index (χ2n) is 6.89. The normalized spacial score (nSPS) is 15.2. The summed E-state index contributed by atoms with van der Waals surface area (Å²) in [7, 11) is 0. The molecule has 0 aromatic heterocycles. The number of nitrogens with one attached hydrogen (secondary N) is 1. The van der Waals surface area contributed by atoms with Crippen molar-refractivity contribution in [3.8, 4) is 11.5 Å². The summed E-state index contributed by atoms with van der Waals surface area (Å²) >= 11 is 0. The van der Waals surface area contributed by atoms with E-state index in [1.807, 2.05) is 19.9 Å². The fraction of sp³-hybridized carbons (Fsp3) is 0.238. The monoisotopic (exact) mass is 366 g/mol. The molecule has 1 aliphatic heterocycles. The third-order valence-electron chi connectivity index (χ3n) is 4.18. The second-order valence-corrected chi connectivity index (χ2v) is 6.89. The number of anilines is 2. The number of para-hydroxylation sites is 1. The van der Waals surface area contributed by atoms with Crippen molar-refractivity contribution in [2.24, 2.45) is 5.41 Å². The molecule has 0 fully saturated rings. The zero-order chi connectivity index (χ0) is 19.4. The predicted molar refractivity (Wildman–Crippen MR) is 104 cm³/mol. The van der Waals surface area contributed by atoms with E-state index in [1.165, 1.54) is 0 Å². The summed E-state index contributed by atoms with van der Waals surface area (Å²) in [5.74, 6) is 0.934. The smallest absolute Gasteiger partial charge is 0.417 e. The molecule has 140 valence electrons. The van der Waals surface area contributed by atoms with E-state index in [2.05, 4.69) is 11.9 Å². The molecule has 0 saturated carbocycles. The highest BCUT2D eigenvalue weighted by Crippen LogP contribution is 2.38. The third kappa shape index (κ3) is 4.11. The van der Waals surface area contributed by atoms with Crippen LogP contribution in [0.2, 0.25) is 0 Å². The van der Waals surface area contributed by atoms with Crippen molar-refractivity contribution < 1.29 is 19.1 Å². The predicted octanol–water partition coefficient (Wildman–Crippen LogP) is 4.24. The van der Waals surface area contributed by atoms with E-state index in [4.69, 9.17) is 9.47 Å². The lowest BCUT2D eigenvalue weighted by Gasteiger charge is -2.27. The zero-order valence-corrected chi connectivity index (χ0v) is 15.4. The number of nitrogens with zero attached hydrogens (tertiary/aromatic N) is 1. The molecule has 27 heavy (non-hydrogen) atoms. The van der Waals surface area contributed by atoms with Gasteiger partial charge in [-0.2, -0.15) is 0 Å². The molecule has 0 radical (unpaired) electrons. The molecule has 0 atom stereocenters. The van der Waals surface area contributed by atoms with Crippen molar-refractivity contribution in [3.63, 3.8) is 0 Å². The fourth-order valence-electron chi connectivity index (χ4n) is 2.77. The maximum absolute atomic E-state index is 12.8. The summed E-state index contributed by atoms with van der Waals surface area (Å²) in [5.41, 5.74) is 0.495. The fourth-order valence-corrected chi connectivity index (χ4v) is 2.77. The van der Waals surface area contributed by atoms with Gasteiger partial charge in [0.1, 0.15) is 18.1 Å². The molecule has 6 heteroatoms.